The molecule has 3 heteroatoms. The van der Waals surface area contributed by atoms with Gasteiger partial charge in [-0.05, 0) is 31.6 Å². The lowest BCUT2D eigenvalue weighted by Gasteiger charge is -2.21. The van der Waals surface area contributed by atoms with Gasteiger partial charge in [0, 0.05) is 12.6 Å². The van der Waals surface area contributed by atoms with Gasteiger partial charge in [-0.25, -0.2) is 0 Å². The minimum atomic E-state index is -0.0892. The van der Waals surface area contributed by atoms with Crippen LogP contribution in [0.2, 0.25) is 0 Å². The molecule has 0 aromatic rings. The van der Waals surface area contributed by atoms with Crippen molar-refractivity contribution < 1.29 is 9.53 Å². The van der Waals surface area contributed by atoms with Crippen LogP contribution in [-0.4, -0.2) is 25.2 Å². The Balaban J connectivity index is 2.26. The summed E-state index contributed by atoms with van der Waals surface area (Å²) in [5, 5.41) is 3.50. The highest BCUT2D eigenvalue weighted by Crippen LogP contribution is 2.31. The first-order valence-corrected chi connectivity index (χ1v) is 6.46. The lowest BCUT2D eigenvalue weighted by molar-refractivity contribution is -0.147. The van der Waals surface area contributed by atoms with E-state index in [2.05, 4.69) is 19.2 Å². The van der Waals surface area contributed by atoms with Gasteiger partial charge in [0.2, 0.25) is 0 Å². The number of rotatable bonds is 5. The molecule has 1 rings (SSSR count). The molecule has 0 aromatic carbocycles. The first kappa shape index (κ1) is 13.5. The third-order valence-corrected chi connectivity index (χ3v) is 3.84. The largest absolute Gasteiger partial charge is 0.466 e. The second-order valence-electron chi connectivity index (χ2n) is 5.08. The molecule has 0 amide bonds. The smallest absolute Gasteiger partial charge is 0.309 e. The third kappa shape index (κ3) is 3.48. The summed E-state index contributed by atoms with van der Waals surface area (Å²) < 4.78 is 4.99. The van der Waals surface area contributed by atoms with E-state index in [1.54, 1.807) is 0 Å². The van der Waals surface area contributed by atoms with Gasteiger partial charge in [0.1, 0.15) is 0 Å². The minimum absolute atomic E-state index is 0.0388. The molecule has 1 N–H and O–H groups in total. The van der Waals surface area contributed by atoms with Crippen molar-refractivity contribution in [1.82, 2.24) is 5.32 Å². The summed E-state index contributed by atoms with van der Waals surface area (Å²) in [5.74, 6) is 1.39. The molecule has 0 saturated heterocycles. The van der Waals surface area contributed by atoms with Crippen molar-refractivity contribution in [3.8, 4) is 0 Å². The second-order valence-corrected chi connectivity index (χ2v) is 5.08. The van der Waals surface area contributed by atoms with Crippen molar-refractivity contribution >= 4 is 5.97 Å². The Morgan fingerprint density at radius 3 is 2.62 bits per heavy atom. The quantitative estimate of drug-likeness (QED) is 0.732. The maximum absolute atomic E-state index is 11.4. The van der Waals surface area contributed by atoms with Crippen LogP contribution in [-0.2, 0) is 9.53 Å². The standard InChI is InChI=1S/C13H25NO2/c1-5-16-13(15)10(3)8-14-12-7-6-9(2)11(12)4/h9-12,14H,5-8H2,1-4H3. The van der Waals surface area contributed by atoms with Crippen LogP contribution in [0.5, 0.6) is 0 Å². The Hall–Kier alpha value is -0.570. The van der Waals surface area contributed by atoms with Gasteiger partial charge in [0.15, 0.2) is 0 Å². The molecule has 0 bridgehead atoms. The predicted molar refractivity (Wildman–Crippen MR) is 65.1 cm³/mol. The summed E-state index contributed by atoms with van der Waals surface area (Å²) in [6.07, 6.45) is 2.53. The molecule has 4 unspecified atom stereocenters. The average Bonchev–Trinajstić information content (AvgIpc) is 2.57. The number of ether oxygens (including phenoxy) is 1. The second kappa shape index (κ2) is 6.24. The summed E-state index contributed by atoms with van der Waals surface area (Å²) in [6, 6.07) is 0.576. The Kier molecular flexibility index (Phi) is 5.26. The monoisotopic (exact) mass is 227 g/mol. The highest BCUT2D eigenvalue weighted by Gasteiger charge is 2.29. The number of carbonyl (C=O) groups is 1. The molecule has 0 spiro atoms. The number of hydrogen-bond acceptors (Lipinski definition) is 3. The number of carbonyl (C=O) groups excluding carboxylic acids is 1. The van der Waals surface area contributed by atoms with E-state index in [0.29, 0.717) is 12.6 Å². The molecule has 4 atom stereocenters. The van der Waals surface area contributed by atoms with Crippen molar-refractivity contribution in [3.63, 3.8) is 0 Å². The lowest BCUT2D eigenvalue weighted by Crippen LogP contribution is -2.37. The fourth-order valence-electron chi connectivity index (χ4n) is 2.35. The number of nitrogens with one attached hydrogen (secondary N) is 1. The van der Waals surface area contributed by atoms with Crippen molar-refractivity contribution in [2.75, 3.05) is 13.2 Å². The molecular weight excluding hydrogens is 202 g/mol. The van der Waals surface area contributed by atoms with E-state index in [0.717, 1.165) is 18.4 Å². The number of esters is 1. The Labute approximate surface area is 98.9 Å². The van der Waals surface area contributed by atoms with E-state index < -0.39 is 0 Å². The van der Waals surface area contributed by atoms with E-state index in [1.807, 2.05) is 13.8 Å². The molecule has 3 nitrogen and oxygen atoms in total. The minimum Gasteiger partial charge on any atom is -0.466 e. The van der Waals surface area contributed by atoms with Crippen LogP contribution >= 0.6 is 0 Å². The highest BCUT2D eigenvalue weighted by atomic mass is 16.5. The van der Waals surface area contributed by atoms with Crippen LogP contribution in [0.3, 0.4) is 0 Å². The van der Waals surface area contributed by atoms with Gasteiger partial charge in [-0.15, -0.1) is 0 Å². The SMILES string of the molecule is CCOC(=O)C(C)CNC1CCC(C)C1C. The van der Waals surface area contributed by atoms with Crippen molar-refractivity contribution in [1.29, 1.82) is 0 Å². The van der Waals surface area contributed by atoms with Crippen LogP contribution in [0, 0.1) is 17.8 Å². The van der Waals surface area contributed by atoms with Crippen molar-refractivity contribution in [3.05, 3.63) is 0 Å². The average molecular weight is 227 g/mol. The molecule has 0 radical (unpaired) electrons. The van der Waals surface area contributed by atoms with Gasteiger partial charge in [-0.3, -0.25) is 4.79 Å². The first-order chi connectivity index (χ1) is 7.56. The Morgan fingerprint density at radius 1 is 1.44 bits per heavy atom. The van der Waals surface area contributed by atoms with E-state index in [1.165, 1.54) is 12.8 Å². The summed E-state index contributed by atoms with van der Waals surface area (Å²) >= 11 is 0. The highest BCUT2D eigenvalue weighted by molar-refractivity contribution is 5.72. The third-order valence-electron chi connectivity index (χ3n) is 3.84. The van der Waals surface area contributed by atoms with Crippen LogP contribution < -0.4 is 5.32 Å². The predicted octanol–water partition coefficient (Wildman–Crippen LogP) is 2.21. The van der Waals surface area contributed by atoms with Gasteiger partial charge < -0.3 is 10.1 Å². The maximum Gasteiger partial charge on any atom is 0.309 e. The molecule has 0 aromatic heterocycles. The zero-order valence-corrected chi connectivity index (χ0v) is 11.0. The van der Waals surface area contributed by atoms with E-state index in [9.17, 15) is 4.79 Å². The molecule has 1 aliphatic rings. The van der Waals surface area contributed by atoms with Crippen LogP contribution in [0.15, 0.2) is 0 Å². The Bertz CT molecular complexity index is 230. The van der Waals surface area contributed by atoms with Crippen molar-refractivity contribution in [2.45, 2.75) is 46.6 Å². The van der Waals surface area contributed by atoms with Gasteiger partial charge >= 0.3 is 5.97 Å². The molecule has 0 heterocycles. The molecule has 1 saturated carbocycles. The zero-order valence-electron chi connectivity index (χ0n) is 11.0. The summed E-state index contributed by atoms with van der Waals surface area (Å²) in [4.78, 5) is 11.4. The van der Waals surface area contributed by atoms with E-state index in [-0.39, 0.29) is 11.9 Å². The van der Waals surface area contributed by atoms with E-state index in [4.69, 9.17) is 4.74 Å². The maximum atomic E-state index is 11.4. The molecule has 1 aliphatic carbocycles. The summed E-state index contributed by atoms with van der Waals surface area (Å²) in [6.45, 7) is 9.58. The molecule has 16 heavy (non-hydrogen) atoms. The molecule has 1 fully saturated rings. The van der Waals surface area contributed by atoms with Gasteiger partial charge in [0.25, 0.3) is 0 Å². The van der Waals surface area contributed by atoms with Crippen LogP contribution in [0.1, 0.15) is 40.5 Å². The van der Waals surface area contributed by atoms with Gasteiger partial charge in [-0.1, -0.05) is 20.8 Å². The summed E-state index contributed by atoms with van der Waals surface area (Å²) in [5.41, 5.74) is 0. The normalized spacial score (nSPS) is 31.4. The van der Waals surface area contributed by atoms with Crippen LogP contribution in [0.25, 0.3) is 0 Å². The van der Waals surface area contributed by atoms with Gasteiger partial charge in [-0.2, -0.15) is 0 Å². The first-order valence-electron chi connectivity index (χ1n) is 6.46. The molecular formula is C13H25NO2. The van der Waals surface area contributed by atoms with Gasteiger partial charge in [0.05, 0.1) is 12.5 Å². The van der Waals surface area contributed by atoms with E-state index >= 15 is 0 Å². The fraction of sp³-hybridized carbons (Fsp3) is 0.923. The number of hydrogen-bond donors (Lipinski definition) is 1. The Morgan fingerprint density at radius 2 is 2.12 bits per heavy atom. The lowest BCUT2D eigenvalue weighted by atomic mass is 9.97. The summed E-state index contributed by atoms with van der Waals surface area (Å²) in [7, 11) is 0. The topological polar surface area (TPSA) is 38.3 Å². The molecule has 94 valence electrons. The fourth-order valence-corrected chi connectivity index (χ4v) is 2.35. The molecule has 0 aliphatic heterocycles. The van der Waals surface area contributed by atoms with Crippen molar-refractivity contribution in [2.24, 2.45) is 17.8 Å². The van der Waals surface area contributed by atoms with Crippen LogP contribution in [0.4, 0.5) is 0 Å². The zero-order chi connectivity index (χ0) is 12.1.